The molecule has 6 heteroatoms. The van der Waals surface area contributed by atoms with Crippen LogP contribution >= 0.6 is 0 Å². The van der Waals surface area contributed by atoms with Gasteiger partial charge in [-0.2, -0.15) is 0 Å². The van der Waals surface area contributed by atoms with Crippen molar-refractivity contribution < 1.29 is 22.8 Å². The summed E-state index contributed by atoms with van der Waals surface area (Å²) >= 11 is 0. The van der Waals surface area contributed by atoms with Gasteiger partial charge in [0.25, 0.3) is 0 Å². The van der Waals surface area contributed by atoms with Crippen LogP contribution in [-0.2, 0) is 22.8 Å². The molecule has 1 rings (SSSR count). The van der Waals surface area contributed by atoms with Crippen molar-refractivity contribution in [3.05, 3.63) is 12.0 Å². The number of epoxide rings is 1. The first-order valence-corrected chi connectivity index (χ1v) is 6.78. The topological polar surface area (TPSA) is 49.5 Å². The summed E-state index contributed by atoms with van der Waals surface area (Å²) in [5.41, 5.74) is 0. The minimum atomic E-state index is -2.41. The van der Waals surface area contributed by atoms with E-state index in [2.05, 4.69) is 0 Å². The van der Waals surface area contributed by atoms with Crippen LogP contribution in [0.2, 0.25) is 6.04 Å². The molecule has 1 aliphatic rings. The fourth-order valence-electron chi connectivity index (χ4n) is 1.19. The molecule has 0 aromatic carbocycles. The molecule has 0 unspecified atom stereocenters. The van der Waals surface area contributed by atoms with E-state index in [0.717, 1.165) is 18.2 Å². The highest BCUT2D eigenvalue weighted by Crippen LogP contribution is 2.16. The van der Waals surface area contributed by atoms with E-state index >= 15 is 0 Å². The van der Waals surface area contributed by atoms with Crippen molar-refractivity contribution in [2.45, 2.75) is 12.5 Å². The van der Waals surface area contributed by atoms with E-state index in [9.17, 15) is 0 Å². The minimum Gasteiger partial charge on any atom is -0.498 e. The summed E-state index contributed by atoms with van der Waals surface area (Å²) in [4.78, 5) is 0. The second-order valence-corrected chi connectivity index (χ2v) is 6.23. The third-order valence-corrected chi connectivity index (χ3v) is 5.04. The third kappa shape index (κ3) is 4.21. The van der Waals surface area contributed by atoms with Gasteiger partial charge in [0.15, 0.2) is 5.76 Å². The third-order valence-electron chi connectivity index (χ3n) is 2.20. The highest BCUT2D eigenvalue weighted by Gasteiger charge is 2.36. The van der Waals surface area contributed by atoms with Crippen LogP contribution in [0.4, 0.5) is 0 Å². The quantitative estimate of drug-likeness (QED) is 0.273. The summed E-state index contributed by atoms with van der Waals surface area (Å²) in [7, 11) is 2.42. The molecule has 0 saturated carbocycles. The Morgan fingerprint density at radius 3 is 2.33 bits per heavy atom. The van der Waals surface area contributed by atoms with E-state index < -0.39 is 8.80 Å². The molecule has 0 aromatic rings. The summed E-state index contributed by atoms with van der Waals surface area (Å²) in [6, 6.07) is 0.751. The fraction of sp³-hybridized carbons (Fsp3) is 0.778. The largest absolute Gasteiger partial charge is 0.500 e. The lowest BCUT2D eigenvalue weighted by atomic mass is 10.5. The first kappa shape index (κ1) is 12.5. The number of hydrogen-bond acceptors (Lipinski definition) is 5. The van der Waals surface area contributed by atoms with Crippen LogP contribution in [0.25, 0.3) is 0 Å². The van der Waals surface area contributed by atoms with E-state index in [0.29, 0.717) is 13.2 Å². The molecule has 0 aromatic heterocycles. The van der Waals surface area contributed by atoms with Crippen LogP contribution in [0.1, 0.15) is 6.42 Å². The van der Waals surface area contributed by atoms with E-state index in [1.807, 2.05) is 0 Å². The van der Waals surface area contributed by atoms with Gasteiger partial charge in [0.05, 0.1) is 6.61 Å². The molecular weight excluding hydrogens is 216 g/mol. The Bertz CT molecular complexity index is 200. The summed E-state index contributed by atoms with van der Waals surface area (Å²) in [5.74, 6) is 0.906. The number of hydrogen-bond donors (Lipinski definition) is 0. The van der Waals surface area contributed by atoms with E-state index in [-0.39, 0.29) is 0 Å². The monoisotopic (exact) mass is 234 g/mol. The van der Waals surface area contributed by atoms with Gasteiger partial charge in [0, 0.05) is 27.4 Å². The van der Waals surface area contributed by atoms with Gasteiger partial charge in [0.2, 0.25) is 0 Å². The van der Waals surface area contributed by atoms with Crippen LogP contribution in [0.5, 0.6) is 0 Å². The van der Waals surface area contributed by atoms with Crippen molar-refractivity contribution >= 4 is 8.80 Å². The maximum absolute atomic E-state index is 5.28. The predicted molar refractivity (Wildman–Crippen MR) is 56.2 cm³/mol. The Morgan fingerprint density at radius 2 is 1.87 bits per heavy atom. The van der Waals surface area contributed by atoms with Gasteiger partial charge in [-0.15, -0.1) is 0 Å². The van der Waals surface area contributed by atoms with Crippen molar-refractivity contribution in [3.8, 4) is 0 Å². The van der Waals surface area contributed by atoms with Gasteiger partial charge in [0.1, 0.15) is 12.9 Å². The molecule has 15 heavy (non-hydrogen) atoms. The van der Waals surface area contributed by atoms with Gasteiger partial charge in [-0.05, 0) is 6.42 Å². The van der Waals surface area contributed by atoms with Gasteiger partial charge in [-0.3, -0.25) is 0 Å². The SMILES string of the molecule is CO[Si](CCCOC=C1CO1)(OC)OC. The van der Waals surface area contributed by atoms with Gasteiger partial charge >= 0.3 is 8.80 Å². The first-order chi connectivity index (χ1) is 7.26. The van der Waals surface area contributed by atoms with E-state index in [1.54, 1.807) is 27.6 Å². The zero-order chi connectivity index (χ0) is 11.1. The van der Waals surface area contributed by atoms with Crippen molar-refractivity contribution in [1.29, 1.82) is 0 Å². The molecule has 0 N–H and O–H groups in total. The maximum atomic E-state index is 5.28. The number of ether oxygens (including phenoxy) is 2. The lowest BCUT2D eigenvalue weighted by Crippen LogP contribution is -2.42. The zero-order valence-corrected chi connectivity index (χ0v) is 10.4. The van der Waals surface area contributed by atoms with E-state index in [4.69, 9.17) is 22.8 Å². The van der Waals surface area contributed by atoms with Crippen molar-refractivity contribution in [1.82, 2.24) is 0 Å². The molecular formula is C9H18O5Si. The number of rotatable bonds is 8. The van der Waals surface area contributed by atoms with Crippen LogP contribution in [0.3, 0.4) is 0 Å². The molecule has 0 aliphatic carbocycles. The summed E-state index contributed by atoms with van der Waals surface area (Å²) in [5, 5.41) is 0. The molecule has 0 radical (unpaired) electrons. The molecule has 0 atom stereocenters. The summed E-state index contributed by atoms with van der Waals surface area (Å²) in [6.45, 7) is 1.32. The molecule has 1 aliphatic heterocycles. The normalized spacial score (nSPS) is 17.7. The fourth-order valence-corrected chi connectivity index (χ4v) is 2.88. The Morgan fingerprint density at radius 1 is 1.27 bits per heavy atom. The Labute approximate surface area is 91.3 Å². The van der Waals surface area contributed by atoms with Crippen molar-refractivity contribution in [2.24, 2.45) is 0 Å². The van der Waals surface area contributed by atoms with Crippen LogP contribution in [0, 0.1) is 0 Å². The van der Waals surface area contributed by atoms with Crippen LogP contribution in [-0.4, -0.2) is 43.3 Å². The lowest BCUT2D eigenvalue weighted by Gasteiger charge is -2.23. The average molecular weight is 234 g/mol. The Kier molecular flexibility index (Phi) is 5.10. The van der Waals surface area contributed by atoms with Crippen molar-refractivity contribution in [3.63, 3.8) is 0 Å². The molecule has 88 valence electrons. The van der Waals surface area contributed by atoms with Gasteiger partial charge < -0.3 is 22.8 Å². The smallest absolute Gasteiger partial charge is 0.498 e. The summed E-state index contributed by atoms with van der Waals surface area (Å²) < 4.78 is 26.0. The van der Waals surface area contributed by atoms with E-state index in [1.165, 1.54) is 0 Å². The molecule has 0 bridgehead atoms. The van der Waals surface area contributed by atoms with Crippen LogP contribution < -0.4 is 0 Å². The standard InChI is InChI=1S/C9H18O5Si/c1-10-15(11-2,12-3)6-4-5-13-7-9-8-14-9/h7H,4-6,8H2,1-3H3. The molecule has 1 fully saturated rings. The molecule has 1 heterocycles. The zero-order valence-electron chi connectivity index (χ0n) is 9.45. The predicted octanol–water partition coefficient (Wildman–Crippen LogP) is 1.14. The molecule has 0 amide bonds. The second-order valence-electron chi connectivity index (χ2n) is 3.14. The Hall–Kier alpha value is -0.563. The first-order valence-electron chi connectivity index (χ1n) is 4.85. The second kappa shape index (κ2) is 6.11. The highest BCUT2D eigenvalue weighted by molar-refractivity contribution is 6.60. The van der Waals surface area contributed by atoms with Gasteiger partial charge in [-0.1, -0.05) is 0 Å². The lowest BCUT2D eigenvalue weighted by molar-refractivity contribution is 0.119. The molecule has 0 spiro atoms. The van der Waals surface area contributed by atoms with Crippen LogP contribution in [0.15, 0.2) is 12.0 Å². The average Bonchev–Trinajstić information content (AvgIpc) is 3.08. The molecule has 5 nitrogen and oxygen atoms in total. The highest BCUT2D eigenvalue weighted by atomic mass is 28.4. The Balaban J connectivity index is 2.12. The summed E-state index contributed by atoms with van der Waals surface area (Å²) in [6.07, 6.45) is 2.49. The van der Waals surface area contributed by atoms with Gasteiger partial charge in [-0.25, -0.2) is 0 Å². The maximum Gasteiger partial charge on any atom is 0.500 e. The molecule has 1 saturated heterocycles. The minimum absolute atomic E-state index is 0.623. The van der Waals surface area contributed by atoms with Crippen molar-refractivity contribution in [2.75, 3.05) is 34.5 Å².